The fraction of sp³-hybridized carbons (Fsp3) is 0.857. The lowest BCUT2D eigenvalue weighted by Crippen LogP contribution is -2.46. The third-order valence-corrected chi connectivity index (χ3v) is 2.63. The molecule has 2 aliphatic rings. The van der Waals surface area contributed by atoms with E-state index in [0.29, 0.717) is 18.6 Å². The van der Waals surface area contributed by atoms with E-state index in [1.54, 1.807) is 4.90 Å². The summed E-state index contributed by atoms with van der Waals surface area (Å²) in [6.07, 6.45) is 0.272. The summed E-state index contributed by atoms with van der Waals surface area (Å²) >= 11 is 0. The number of amides is 1. The first kappa shape index (κ1) is 6.91. The van der Waals surface area contributed by atoms with Gasteiger partial charge in [0.05, 0.1) is 6.04 Å². The van der Waals surface area contributed by atoms with Gasteiger partial charge in [-0.15, -0.1) is 0 Å². The van der Waals surface area contributed by atoms with Crippen LogP contribution in [0.5, 0.6) is 0 Å². The fourth-order valence-corrected chi connectivity index (χ4v) is 1.81. The minimum absolute atomic E-state index is 0.297. The fourth-order valence-electron chi connectivity index (χ4n) is 1.81. The molecule has 1 N–H and O–H groups in total. The van der Waals surface area contributed by atoms with Crippen molar-refractivity contribution in [3.8, 4) is 0 Å². The minimum Gasteiger partial charge on any atom is -0.465 e. The van der Waals surface area contributed by atoms with Gasteiger partial charge in [-0.25, -0.2) is 4.79 Å². The average molecular weight is 156 g/mol. The van der Waals surface area contributed by atoms with Crippen LogP contribution in [-0.4, -0.2) is 53.2 Å². The van der Waals surface area contributed by atoms with Gasteiger partial charge < -0.3 is 10.0 Å². The number of fused-ring (bicyclic) bond motifs is 1. The molecular formula is C7H12N2O2. The van der Waals surface area contributed by atoms with E-state index in [9.17, 15) is 4.79 Å². The van der Waals surface area contributed by atoms with E-state index >= 15 is 0 Å². The second-order valence-electron chi connectivity index (χ2n) is 3.33. The van der Waals surface area contributed by atoms with Gasteiger partial charge in [0.25, 0.3) is 0 Å². The molecule has 1 aliphatic heterocycles. The molecule has 0 bridgehead atoms. The van der Waals surface area contributed by atoms with Crippen molar-refractivity contribution >= 4 is 6.09 Å². The third-order valence-electron chi connectivity index (χ3n) is 2.63. The second-order valence-corrected chi connectivity index (χ2v) is 3.33. The molecular weight excluding hydrogens is 144 g/mol. The smallest absolute Gasteiger partial charge is 0.407 e. The molecule has 4 heteroatoms. The van der Waals surface area contributed by atoms with Crippen LogP contribution in [-0.2, 0) is 0 Å². The summed E-state index contributed by atoms with van der Waals surface area (Å²) in [5, 5.41) is 8.73. The normalized spacial score (nSPS) is 36.6. The number of hydrogen-bond acceptors (Lipinski definition) is 2. The van der Waals surface area contributed by atoms with E-state index in [2.05, 4.69) is 11.9 Å². The maximum atomic E-state index is 10.6. The highest BCUT2D eigenvalue weighted by atomic mass is 16.4. The summed E-state index contributed by atoms with van der Waals surface area (Å²) in [7, 11) is 2.06. The van der Waals surface area contributed by atoms with E-state index in [0.717, 1.165) is 13.0 Å². The molecule has 1 aliphatic carbocycles. The molecule has 1 amide bonds. The summed E-state index contributed by atoms with van der Waals surface area (Å²) < 4.78 is 0. The summed E-state index contributed by atoms with van der Waals surface area (Å²) in [5.74, 6) is 0. The van der Waals surface area contributed by atoms with Gasteiger partial charge >= 0.3 is 6.09 Å². The topological polar surface area (TPSA) is 43.8 Å². The lowest BCUT2D eigenvalue weighted by molar-refractivity contribution is 0.112. The van der Waals surface area contributed by atoms with Crippen LogP contribution in [0.15, 0.2) is 0 Å². The van der Waals surface area contributed by atoms with Crippen LogP contribution in [0.3, 0.4) is 0 Å². The number of nitrogens with zero attached hydrogens (tertiary/aromatic N) is 2. The Hall–Kier alpha value is -0.770. The predicted octanol–water partition coefficient (Wildman–Crippen LogP) is 0.0527. The summed E-state index contributed by atoms with van der Waals surface area (Å²) in [4.78, 5) is 14.4. The lowest BCUT2D eigenvalue weighted by Gasteiger charge is -2.29. The molecule has 0 radical (unpaired) electrons. The molecule has 11 heavy (non-hydrogen) atoms. The number of carbonyl (C=O) groups is 1. The van der Waals surface area contributed by atoms with Crippen LogP contribution < -0.4 is 0 Å². The summed E-state index contributed by atoms with van der Waals surface area (Å²) in [5.41, 5.74) is 0. The maximum Gasteiger partial charge on any atom is 0.407 e. The van der Waals surface area contributed by atoms with E-state index in [-0.39, 0.29) is 0 Å². The molecule has 0 spiro atoms. The van der Waals surface area contributed by atoms with Gasteiger partial charge in [0, 0.05) is 19.1 Å². The standard InChI is InChI=1S/C7H12N2O2/c1-8-2-3-9(7(10)11)6-4-5(6)8/h5-6H,2-4H2,1H3,(H,10,11)/t5-,6+/m0/s1. The lowest BCUT2D eigenvalue weighted by atomic mass is 10.3. The van der Waals surface area contributed by atoms with Gasteiger partial charge in [-0.05, 0) is 13.5 Å². The average Bonchev–Trinajstić information content (AvgIpc) is 2.66. The summed E-state index contributed by atoms with van der Waals surface area (Å²) in [6, 6.07) is 0.811. The monoisotopic (exact) mass is 156 g/mol. The number of rotatable bonds is 0. The highest BCUT2D eigenvalue weighted by molar-refractivity contribution is 5.66. The van der Waals surface area contributed by atoms with Crippen molar-refractivity contribution in [3.63, 3.8) is 0 Å². The van der Waals surface area contributed by atoms with Crippen molar-refractivity contribution in [2.24, 2.45) is 0 Å². The first-order valence-electron chi connectivity index (χ1n) is 3.90. The van der Waals surface area contributed by atoms with E-state index in [4.69, 9.17) is 5.11 Å². The first-order valence-corrected chi connectivity index (χ1v) is 3.90. The highest BCUT2D eigenvalue weighted by Gasteiger charge is 2.49. The Morgan fingerprint density at radius 1 is 1.45 bits per heavy atom. The van der Waals surface area contributed by atoms with E-state index in [1.165, 1.54) is 0 Å². The number of piperazine rings is 1. The third kappa shape index (κ3) is 0.976. The van der Waals surface area contributed by atoms with Gasteiger partial charge in [0.2, 0.25) is 0 Å². The minimum atomic E-state index is -0.759. The van der Waals surface area contributed by atoms with Gasteiger partial charge in [0.1, 0.15) is 0 Å². The molecule has 0 aromatic heterocycles. The van der Waals surface area contributed by atoms with Crippen molar-refractivity contribution in [1.82, 2.24) is 9.80 Å². The van der Waals surface area contributed by atoms with Crippen LogP contribution in [0, 0.1) is 0 Å². The molecule has 0 unspecified atom stereocenters. The van der Waals surface area contributed by atoms with Crippen LogP contribution in [0.1, 0.15) is 6.42 Å². The van der Waals surface area contributed by atoms with E-state index < -0.39 is 6.09 Å². The van der Waals surface area contributed by atoms with Crippen molar-refractivity contribution in [3.05, 3.63) is 0 Å². The van der Waals surface area contributed by atoms with Crippen LogP contribution in [0.4, 0.5) is 4.79 Å². The van der Waals surface area contributed by atoms with Gasteiger partial charge in [-0.1, -0.05) is 0 Å². The zero-order valence-electron chi connectivity index (χ0n) is 6.53. The number of hydrogen-bond donors (Lipinski definition) is 1. The zero-order chi connectivity index (χ0) is 8.01. The molecule has 2 rings (SSSR count). The predicted molar refractivity (Wildman–Crippen MR) is 39.6 cm³/mol. The van der Waals surface area contributed by atoms with Crippen molar-refractivity contribution < 1.29 is 9.90 Å². The number of carboxylic acid groups (broad SMARTS) is 1. The molecule has 1 saturated heterocycles. The van der Waals surface area contributed by atoms with Crippen LogP contribution >= 0.6 is 0 Å². The first-order chi connectivity index (χ1) is 5.20. The van der Waals surface area contributed by atoms with E-state index in [1.807, 2.05) is 0 Å². The molecule has 0 aromatic carbocycles. The maximum absolute atomic E-state index is 10.6. The van der Waals surface area contributed by atoms with Gasteiger partial charge in [-0.3, -0.25) is 4.90 Å². The molecule has 4 nitrogen and oxygen atoms in total. The molecule has 2 fully saturated rings. The SMILES string of the molecule is CN1CCN(C(=O)O)[C@@H]2C[C@@H]21. The Morgan fingerprint density at radius 3 is 2.82 bits per heavy atom. The van der Waals surface area contributed by atoms with Gasteiger partial charge in [0.15, 0.2) is 0 Å². The van der Waals surface area contributed by atoms with Gasteiger partial charge in [-0.2, -0.15) is 0 Å². The highest BCUT2D eigenvalue weighted by Crippen LogP contribution is 2.35. The van der Waals surface area contributed by atoms with Crippen molar-refractivity contribution in [2.75, 3.05) is 20.1 Å². The van der Waals surface area contributed by atoms with Crippen LogP contribution in [0.2, 0.25) is 0 Å². The summed E-state index contributed by atoms with van der Waals surface area (Å²) in [6.45, 7) is 1.56. The Bertz CT molecular complexity index is 195. The second kappa shape index (κ2) is 2.11. The quantitative estimate of drug-likeness (QED) is 0.539. The molecule has 62 valence electrons. The Balaban J connectivity index is 2.02. The molecule has 1 heterocycles. The molecule has 0 aromatic rings. The Morgan fingerprint density at radius 2 is 2.18 bits per heavy atom. The van der Waals surface area contributed by atoms with Crippen molar-refractivity contribution in [2.45, 2.75) is 18.5 Å². The Kier molecular flexibility index (Phi) is 1.32. The zero-order valence-corrected chi connectivity index (χ0v) is 6.53. The van der Waals surface area contributed by atoms with Crippen molar-refractivity contribution in [1.29, 1.82) is 0 Å². The molecule has 1 saturated carbocycles. The number of likely N-dealkylation sites (N-methyl/N-ethyl adjacent to an activating group) is 1. The molecule has 2 atom stereocenters. The largest absolute Gasteiger partial charge is 0.465 e. The Labute approximate surface area is 65.4 Å². The van der Waals surface area contributed by atoms with Crippen LogP contribution in [0.25, 0.3) is 0 Å².